The normalized spacial score (nSPS) is 12.4. The summed E-state index contributed by atoms with van der Waals surface area (Å²) in [5.41, 5.74) is 0. The van der Waals surface area contributed by atoms with Gasteiger partial charge >= 0.3 is 17.9 Å². The van der Waals surface area contributed by atoms with Gasteiger partial charge in [-0.15, -0.1) is 0 Å². The summed E-state index contributed by atoms with van der Waals surface area (Å²) in [6.07, 6.45) is 64.1. The van der Waals surface area contributed by atoms with Crippen molar-refractivity contribution in [1.29, 1.82) is 0 Å². The number of carbonyl (C=O) groups excluding carboxylic acids is 3. The third kappa shape index (κ3) is 50.4. The first kappa shape index (κ1) is 61.4. The van der Waals surface area contributed by atoms with E-state index in [9.17, 15) is 14.4 Å². The molecule has 372 valence electrons. The van der Waals surface area contributed by atoms with Gasteiger partial charge < -0.3 is 14.2 Å². The average Bonchev–Trinajstić information content (AvgIpc) is 3.29. The van der Waals surface area contributed by atoms with E-state index in [1.165, 1.54) is 161 Å². The van der Waals surface area contributed by atoms with Gasteiger partial charge in [0.2, 0.25) is 0 Å². The van der Waals surface area contributed by atoms with Gasteiger partial charge in [0.25, 0.3) is 0 Å². The highest BCUT2D eigenvalue weighted by atomic mass is 16.6. The van der Waals surface area contributed by atoms with Crippen molar-refractivity contribution in [2.45, 2.75) is 290 Å². The lowest BCUT2D eigenvalue weighted by Crippen LogP contribution is -2.30. The van der Waals surface area contributed by atoms with Crippen molar-refractivity contribution >= 4 is 17.9 Å². The van der Waals surface area contributed by atoms with Crippen LogP contribution >= 0.6 is 0 Å². The lowest BCUT2D eigenvalue weighted by Gasteiger charge is -2.18. The maximum Gasteiger partial charge on any atom is 0.306 e. The molecule has 0 rings (SSSR count). The van der Waals surface area contributed by atoms with Crippen LogP contribution in [0, 0.1) is 0 Å². The van der Waals surface area contributed by atoms with Gasteiger partial charge in [0.1, 0.15) is 13.2 Å². The first-order valence-corrected chi connectivity index (χ1v) is 27.6. The highest BCUT2D eigenvalue weighted by Crippen LogP contribution is 2.15. The van der Waals surface area contributed by atoms with Crippen molar-refractivity contribution in [3.8, 4) is 0 Å². The Labute approximate surface area is 397 Å². The highest BCUT2D eigenvalue weighted by Gasteiger charge is 2.19. The molecule has 1 unspecified atom stereocenters. The first-order chi connectivity index (χ1) is 31.5. The molecule has 0 aromatic heterocycles. The van der Waals surface area contributed by atoms with E-state index in [4.69, 9.17) is 14.2 Å². The molecule has 0 saturated heterocycles. The highest BCUT2D eigenvalue weighted by molar-refractivity contribution is 5.71. The zero-order valence-electron chi connectivity index (χ0n) is 42.6. The molecule has 0 aromatic carbocycles. The van der Waals surface area contributed by atoms with Gasteiger partial charge in [-0.3, -0.25) is 14.4 Å². The van der Waals surface area contributed by atoms with Crippen LogP contribution in [0.25, 0.3) is 0 Å². The molecule has 0 heterocycles. The Bertz CT molecular complexity index is 1120. The minimum Gasteiger partial charge on any atom is -0.462 e. The van der Waals surface area contributed by atoms with E-state index in [0.717, 1.165) is 83.5 Å². The van der Waals surface area contributed by atoms with E-state index in [0.29, 0.717) is 19.3 Å². The van der Waals surface area contributed by atoms with Gasteiger partial charge in [-0.1, -0.05) is 236 Å². The summed E-state index contributed by atoms with van der Waals surface area (Å²) in [4.78, 5) is 37.8. The Morgan fingerprint density at radius 2 is 0.578 bits per heavy atom. The second-order valence-electron chi connectivity index (χ2n) is 18.5. The molecule has 0 aliphatic heterocycles. The van der Waals surface area contributed by atoms with Gasteiger partial charge in [0, 0.05) is 19.3 Å². The van der Waals surface area contributed by atoms with Gasteiger partial charge in [0.05, 0.1) is 0 Å². The molecule has 0 aliphatic rings. The van der Waals surface area contributed by atoms with Gasteiger partial charge in [-0.25, -0.2) is 0 Å². The second kappa shape index (κ2) is 53.0. The topological polar surface area (TPSA) is 78.9 Å². The van der Waals surface area contributed by atoms with Crippen LogP contribution < -0.4 is 0 Å². The lowest BCUT2D eigenvalue weighted by molar-refractivity contribution is -0.167. The van der Waals surface area contributed by atoms with Crippen LogP contribution in [-0.2, 0) is 28.6 Å². The van der Waals surface area contributed by atoms with Gasteiger partial charge in [0.15, 0.2) is 6.10 Å². The molecule has 6 nitrogen and oxygen atoms in total. The van der Waals surface area contributed by atoms with Gasteiger partial charge in [-0.2, -0.15) is 0 Å². The molecule has 0 bridgehead atoms. The number of hydrogen-bond acceptors (Lipinski definition) is 6. The van der Waals surface area contributed by atoms with E-state index in [1.807, 2.05) is 0 Å². The molecule has 64 heavy (non-hydrogen) atoms. The summed E-state index contributed by atoms with van der Waals surface area (Å²) in [6.45, 7) is 6.56. The summed E-state index contributed by atoms with van der Waals surface area (Å²) >= 11 is 0. The van der Waals surface area contributed by atoms with E-state index in [-0.39, 0.29) is 31.1 Å². The minimum atomic E-state index is -0.773. The molecular weight excluding hydrogens is 793 g/mol. The zero-order valence-corrected chi connectivity index (χ0v) is 42.6. The predicted molar refractivity (Wildman–Crippen MR) is 275 cm³/mol. The Morgan fingerprint density at radius 3 is 0.938 bits per heavy atom. The largest absolute Gasteiger partial charge is 0.462 e. The van der Waals surface area contributed by atoms with Crippen LogP contribution in [0.2, 0.25) is 0 Å². The number of esters is 3. The van der Waals surface area contributed by atoms with Crippen molar-refractivity contribution in [3.05, 3.63) is 48.6 Å². The van der Waals surface area contributed by atoms with E-state index in [1.54, 1.807) is 0 Å². The molecule has 0 spiro atoms. The standard InChI is InChI=1S/C58H104O6/c1-4-7-10-13-16-19-21-22-23-24-25-26-27-28-29-30-31-32-33-34-35-36-38-39-42-45-48-51-57(60)63-54-55(53-62-56(59)50-47-44-41-18-15-12-9-6-3)64-58(61)52-49-46-43-40-37-20-17-14-11-8-5-2/h14,17,21-22,24-25,27-28,55H,4-13,15-16,18-20,23,26,29-54H2,1-3H3/b17-14-,22-21-,25-24-,28-27-. The maximum atomic E-state index is 12.7. The number of rotatable bonds is 50. The Hall–Kier alpha value is -2.63. The molecule has 6 heteroatoms. The smallest absolute Gasteiger partial charge is 0.306 e. The van der Waals surface area contributed by atoms with Crippen LogP contribution in [0.1, 0.15) is 284 Å². The molecule has 0 radical (unpaired) electrons. The monoisotopic (exact) mass is 897 g/mol. The fourth-order valence-electron chi connectivity index (χ4n) is 7.84. The van der Waals surface area contributed by atoms with Crippen LogP contribution in [0.15, 0.2) is 48.6 Å². The van der Waals surface area contributed by atoms with Crippen molar-refractivity contribution in [1.82, 2.24) is 0 Å². The second-order valence-corrected chi connectivity index (χ2v) is 18.5. The Morgan fingerprint density at radius 1 is 0.312 bits per heavy atom. The molecule has 0 aromatic rings. The summed E-state index contributed by atoms with van der Waals surface area (Å²) in [7, 11) is 0. The van der Waals surface area contributed by atoms with Crippen molar-refractivity contribution in [2.75, 3.05) is 13.2 Å². The molecule has 1 atom stereocenters. The summed E-state index contributed by atoms with van der Waals surface area (Å²) in [5, 5.41) is 0. The maximum absolute atomic E-state index is 12.7. The zero-order chi connectivity index (χ0) is 46.5. The number of hydrogen-bond donors (Lipinski definition) is 0. The third-order valence-electron chi connectivity index (χ3n) is 12.1. The van der Waals surface area contributed by atoms with E-state index in [2.05, 4.69) is 69.4 Å². The molecule has 0 fully saturated rings. The van der Waals surface area contributed by atoms with Crippen LogP contribution in [0.3, 0.4) is 0 Å². The average molecular weight is 897 g/mol. The fraction of sp³-hybridized carbons (Fsp3) is 0.810. The molecule has 0 amide bonds. The van der Waals surface area contributed by atoms with Crippen LogP contribution in [0.5, 0.6) is 0 Å². The summed E-state index contributed by atoms with van der Waals surface area (Å²) in [5.74, 6) is -0.884. The Kier molecular flexibility index (Phi) is 50.8. The number of unbranched alkanes of at least 4 members (excludes halogenated alkanes) is 31. The van der Waals surface area contributed by atoms with Crippen molar-refractivity contribution < 1.29 is 28.6 Å². The third-order valence-corrected chi connectivity index (χ3v) is 12.1. The summed E-state index contributed by atoms with van der Waals surface area (Å²) in [6, 6.07) is 0. The molecule has 0 N–H and O–H groups in total. The number of carbonyl (C=O) groups is 3. The van der Waals surface area contributed by atoms with Crippen molar-refractivity contribution in [3.63, 3.8) is 0 Å². The lowest BCUT2D eigenvalue weighted by atomic mass is 10.0. The SMILES string of the molecule is CCCC/C=C\CCCCCCCC(=O)OC(COC(=O)CCCCCCCCCC)COC(=O)CCCCCCCCCCCCCC/C=C\C/C=C\C/C=C\CCCCCCC. The molecule has 0 aliphatic carbocycles. The van der Waals surface area contributed by atoms with Gasteiger partial charge in [-0.05, 0) is 77.0 Å². The fourth-order valence-corrected chi connectivity index (χ4v) is 7.84. The van der Waals surface area contributed by atoms with E-state index < -0.39 is 6.10 Å². The summed E-state index contributed by atoms with van der Waals surface area (Å²) < 4.78 is 16.7. The van der Waals surface area contributed by atoms with Crippen LogP contribution in [-0.4, -0.2) is 37.2 Å². The molecular formula is C58H104O6. The molecule has 0 saturated carbocycles. The quantitative estimate of drug-likeness (QED) is 0.0262. The van der Waals surface area contributed by atoms with Crippen molar-refractivity contribution in [2.24, 2.45) is 0 Å². The van der Waals surface area contributed by atoms with Crippen LogP contribution in [0.4, 0.5) is 0 Å². The number of allylic oxidation sites excluding steroid dienone is 8. The first-order valence-electron chi connectivity index (χ1n) is 27.6. The minimum absolute atomic E-state index is 0.0749. The van der Waals surface area contributed by atoms with E-state index >= 15 is 0 Å². The predicted octanol–water partition coefficient (Wildman–Crippen LogP) is 18.3. The Balaban J connectivity index is 4.10. The number of ether oxygens (including phenoxy) is 3.